The molecule has 1 aromatic rings. The van der Waals surface area contributed by atoms with Gasteiger partial charge in [0.15, 0.2) is 0 Å². The molecule has 0 aliphatic carbocycles. The van der Waals surface area contributed by atoms with Crippen LogP contribution >= 0.6 is 0 Å². The van der Waals surface area contributed by atoms with Gasteiger partial charge in [-0.05, 0) is 11.6 Å². The molecule has 0 spiro atoms. The normalized spacial score (nSPS) is 9.73. The Kier molecular flexibility index (Phi) is 4.59. The van der Waals surface area contributed by atoms with E-state index in [-0.39, 0.29) is 19.2 Å². The van der Waals surface area contributed by atoms with E-state index >= 15 is 0 Å². The Morgan fingerprint density at radius 1 is 1.40 bits per heavy atom. The number of carbonyl (C=O) groups excluding carboxylic acids is 1. The predicted octanol–water partition coefficient (Wildman–Crippen LogP) is 0.259. The van der Waals surface area contributed by atoms with Gasteiger partial charge in [-0.25, -0.2) is 4.79 Å². The first kappa shape index (κ1) is 11.5. The maximum Gasteiger partial charge on any atom is 0.319 e. The summed E-state index contributed by atoms with van der Waals surface area (Å²) in [5, 5.41) is 13.7. The van der Waals surface area contributed by atoms with Gasteiger partial charge in [0.1, 0.15) is 0 Å². The van der Waals surface area contributed by atoms with Crippen molar-refractivity contribution in [1.82, 2.24) is 5.32 Å². The summed E-state index contributed by atoms with van der Waals surface area (Å²) in [7, 11) is 0. The largest absolute Gasteiger partial charge is 0.395 e. The number of aliphatic hydroxyl groups is 1. The lowest BCUT2D eigenvalue weighted by Crippen LogP contribution is -2.31. The monoisotopic (exact) mass is 209 g/mol. The van der Waals surface area contributed by atoms with E-state index < -0.39 is 0 Å². The number of aliphatic hydroxyl groups excluding tert-OH is 1. The Hall–Kier alpha value is -1.59. The van der Waals surface area contributed by atoms with Crippen molar-refractivity contribution in [1.29, 1.82) is 0 Å². The van der Waals surface area contributed by atoms with Crippen molar-refractivity contribution >= 4 is 11.7 Å². The molecule has 0 heterocycles. The van der Waals surface area contributed by atoms with E-state index in [9.17, 15) is 4.79 Å². The van der Waals surface area contributed by atoms with E-state index in [2.05, 4.69) is 10.6 Å². The topological polar surface area (TPSA) is 87.4 Å². The summed E-state index contributed by atoms with van der Waals surface area (Å²) in [4.78, 5) is 11.3. The summed E-state index contributed by atoms with van der Waals surface area (Å²) in [5.41, 5.74) is 7.08. The van der Waals surface area contributed by atoms with Gasteiger partial charge in [-0.2, -0.15) is 0 Å². The summed E-state index contributed by atoms with van der Waals surface area (Å²) in [5.74, 6) is 0. The van der Waals surface area contributed by atoms with E-state index in [1.54, 1.807) is 6.07 Å². The molecule has 0 fully saturated rings. The Balaban J connectivity index is 2.59. The zero-order valence-corrected chi connectivity index (χ0v) is 8.36. The molecular formula is C10H15N3O2. The van der Waals surface area contributed by atoms with Crippen LogP contribution < -0.4 is 16.4 Å². The van der Waals surface area contributed by atoms with Crippen molar-refractivity contribution in [2.45, 2.75) is 6.54 Å². The van der Waals surface area contributed by atoms with Gasteiger partial charge in [-0.15, -0.1) is 0 Å². The number of carbonyl (C=O) groups is 1. The first-order valence-electron chi connectivity index (χ1n) is 4.71. The number of para-hydroxylation sites is 1. The van der Waals surface area contributed by atoms with Crippen molar-refractivity contribution in [2.24, 2.45) is 5.73 Å². The first-order chi connectivity index (χ1) is 7.27. The van der Waals surface area contributed by atoms with E-state index in [4.69, 9.17) is 10.8 Å². The summed E-state index contributed by atoms with van der Waals surface area (Å²) >= 11 is 0. The Bertz CT molecular complexity index is 328. The molecule has 15 heavy (non-hydrogen) atoms. The molecule has 1 aromatic carbocycles. The lowest BCUT2D eigenvalue weighted by molar-refractivity contribution is 0.245. The van der Waals surface area contributed by atoms with E-state index in [0.717, 1.165) is 5.56 Å². The quantitative estimate of drug-likeness (QED) is 0.573. The predicted molar refractivity (Wildman–Crippen MR) is 58.4 cm³/mol. The fraction of sp³-hybridized carbons (Fsp3) is 0.300. The van der Waals surface area contributed by atoms with Crippen LogP contribution in [-0.2, 0) is 6.54 Å². The van der Waals surface area contributed by atoms with Gasteiger partial charge >= 0.3 is 6.03 Å². The average molecular weight is 209 g/mol. The lowest BCUT2D eigenvalue weighted by Gasteiger charge is -2.09. The zero-order valence-electron chi connectivity index (χ0n) is 8.36. The summed E-state index contributed by atoms with van der Waals surface area (Å²) in [6.45, 7) is 0.527. The van der Waals surface area contributed by atoms with Crippen molar-refractivity contribution in [2.75, 3.05) is 18.5 Å². The van der Waals surface area contributed by atoms with Gasteiger partial charge < -0.3 is 21.5 Å². The highest BCUT2D eigenvalue weighted by Gasteiger charge is 2.03. The number of rotatable bonds is 4. The molecule has 5 heteroatoms. The molecular weight excluding hydrogens is 194 g/mol. The van der Waals surface area contributed by atoms with Crippen LogP contribution in [0.5, 0.6) is 0 Å². The molecule has 82 valence electrons. The molecule has 0 saturated carbocycles. The van der Waals surface area contributed by atoms with E-state index in [0.29, 0.717) is 12.2 Å². The molecule has 0 radical (unpaired) electrons. The molecule has 2 amide bonds. The molecule has 0 saturated heterocycles. The number of hydrogen-bond acceptors (Lipinski definition) is 3. The van der Waals surface area contributed by atoms with Gasteiger partial charge in [-0.1, -0.05) is 18.2 Å². The fourth-order valence-electron chi connectivity index (χ4n) is 1.16. The Morgan fingerprint density at radius 2 is 2.13 bits per heavy atom. The smallest absolute Gasteiger partial charge is 0.319 e. The molecule has 0 aliphatic heterocycles. The second kappa shape index (κ2) is 6.00. The SMILES string of the molecule is NCc1ccccc1NC(=O)NCCO. The Labute approximate surface area is 88.3 Å². The van der Waals surface area contributed by atoms with Crippen LogP contribution in [0.2, 0.25) is 0 Å². The first-order valence-corrected chi connectivity index (χ1v) is 4.71. The van der Waals surface area contributed by atoms with Crippen LogP contribution in [-0.4, -0.2) is 24.3 Å². The molecule has 1 rings (SSSR count). The van der Waals surface area contributed by atoms with Crippen LogP contribution in [0.25, 0.3) is 0 Å². The van der Waals surface area contributed by atoms with Crippen molar-refractivity contribution in [3.63, 3.8) is 0 Å². The Morgan fingerprint density at radius 3 is 2.80 bits per heavy atom. The number of benzene rings is 1. The van der Waals surface area contributed by atoms with Gasteiger partial charge in [0.05, 0.1) is 6.61 Å². The minimum Gasteiger partial charge on any atom is -0.395 e. The standard InChI is InChI=1S/C10H15N3O2/c11-7-8-3-1-2-4-9(8)13-10(15)12-5-6-14/h1-4,14H,5-7,11H2,(H2,12,13,15). The zero-order chi connectivity index (χ0) is 11.1. The number of amides is 2. The van der Waals surface area contributed by atoms with Crippen LogP contribution in [0.1, 0.15) is 5.56 Å². The van der Waals surface area contributed by atoms with Gasteiger partial charge in [0.2, 0.25) is 0 Å². The highest BCUT2D eigenvalue weighted by molar-refractivity contribution is 5.90. The van der Waals surface area contributed by atoms with Gasteiger partial charge in [-0.3, -0.25) is 0 Å². The van der Waals surface area contributed by atoms with Crippen LogP contribution in [0.15, 0.2) is 24.3 Å². The molecule has 0 aromatic heterocycles. The van der Waals surface area contributed by atoms with Crippen LogP contribution in [0.4, 0.5) is 10.5 Å². The second-order valence-corrected chi connectivity index (χ2v) is 2.97. The molecule has 0 unspecified atom stereocenters. The van der Waals surface area contributed by atoms with Crippen molar-refractivity contribution < 1.29 is 9.90 Å². The van der Waals surface area contributed by atoms with Crippen LogP contribution in [0, 0.1) is 0 Å². The molecule has 5 N–H and O–H groups in total. The lowest BCUT2D eigenvalue weighted by atomic mass is 10.2. The van der Waals surface area contributed by atoms with E-state index in [1.807, 2.05) is 18.2 Å². The van der Waals surface area contributed by atoms with Crippen LogP contribution in [0.3, 0.4) is 0 Å². The summed E-state index contributed by atoms with van der Waals surface area (Å²) < 4.78 is 0. The minimum absolute atomic E-state index is 0.0774. The highest BCUT2D eigenvalue weighted by Crippen LogP contribution is 2.13. The maximum atomic E-state index is 11.3. The maximum absolute atomic E-state index is 11.3. The third kappa shape index (κ3) is 3.57. The highest BCUT2D eigenvalue weighted by atomic mass is 16.3. The number of nitrogens with two attached hydrogens (primary N) is 1. The summed E-state index contributed by atoms with van der Waals surface area (Å²) in [6.07, 6.45) is 0. The molecule has 5 nitrogen and oxygen atoms in total. The van der Waals surface area contributed by atoms with E-state index in [1.165, 1.54) is 0 Å². The third-order valence-corrected chi connectivity index (χ3v) is 1.88. The molecule has 0 bridgehead atoms. The minimum atomic E-state index is -0.343. The summed E-state index contributed by atoms with van der Waals surface area (Å²) in [6, 6.07) is 6.97. The number of anilines is 1. The number of nitrogens with one attached hydrogen (secondary N) is 2. The third-order valence-electron chi connectivity index (χ3n) is 1.88. The molecule has 0 aliphatic rings. The van der Waals surface area contributed by atoms with Crippen molar-refractivity contribution in [3.8, 4) is 0 Å². The number of urea groups is 1. The fourth-order valence-corrected chi connectivity index (χ4v) is 1.16. The van der Waals surface area contributed by atoms with Gasteiger partial charge in [0.25, 0.3) is 0 Å². The van der Waals surface area contributed by atoms with Crippen molar-refractivity contribution in [3.05, 3.63) is 29.8 Å². The van der Waals surface area contributed by atoms with Gasteiger partial charge in [0, 0.05) is 18.8 Å². The number of hydrogen-bond donors (Lipinski definition) is 4. The average Bonchev–Trinajstić information content (AvgIpc) is 2.27. The molecule has 0 atom stereocenters. The second-order valence-electron chi connectivity index (χ2n) is 2.97.